The Bertz CT molecular complexity index is 577. The Balaban J connectivity index is 2.30. The Morgan fingerprint density at radius 3 is 2.59 bits per heavy atom. The third-order valence-electron chi connectivity index (χ3n) is 2.32. The van der Waals surface area contributed by atoms with Crippen molar-refractivity contribution in [2.45, 2.75) is 0 Å². The van der Waals surface area contributed by atoms with Crippen molar-refractivity contribution in [3.05, 3.63) is 59.7 Å². The minimum atomic E-state index is 0.197. The first-order chi connectivity index (χ1) is 8.29. The molecule has 0 heterocycles. The van der Waals surface area contributed by atoms with Crippen molar-refractivity contribution in [3.8, 4) is 23.3 Å². The highest BCUT2D eigenvalue weighted by Gasteiger charge is 1.94. The lowest BCUT2D eigenvalue weighted by atomic mass is 10.1. The van der Waals surface area contributed by atoms with Crippen molar-refractivity contribution in [2.24, 2.45) is 0 Å². The summed E-state index contributed by atoms with van der Waals surface area (Å²) >= 11 is 0. The second-order valence-corrected chi connectivity index (χ2v) is 3.50. The van der Waals surface area contributed by atoms with Crippen LogP contribution in [0.3, 0.4) is 0 Å². The van der Waals surface area contributed by atoms with Gasteiger partial charge in [0.25, 0.3) is 0 Å². The van der Waals surface area contributed by atoms with E-state index in [9.17, 15) is 5.11 Å². The highest BCUT2D eigenvalue weighted by Crippen LogP contribution is 2.15. The standard InChI is InChI=1S/C15H12O2/c1-17-14-7-4-5-12(11-14)9-10-13-6-2-3-8-15(13)16/h2-8,11,16H,1H3. The Morgan fingerprint density at radius 2 is 1.82 bits per heavy atom. The second kappa shape index (κ2) is 5.09. The zero-order chi connectivity index (χ0) is 12.1. The molecular formula is C15H12O2. The molecule has 0 aromatic heterocycles. The van der Waals surface area contributed by atoms with Crippen LogP contribution in [-0.2, 0) is 0 Å². The lowest BCUT2D eigenvalue weighted by molar-refractivity contribution is 0.414. The minimum Gasteiger partial charge on any atom is -0.507 e. The molecular weight excluding hydrogens is 212 g/mol. The number of phenolic OH excluding ortho intramolecular Hbond substituents is 1. The van der Waals surface area contributed by atoms with Gasteiger partial charge in [0, 0.05) is 5.56 Å². The van der Waals surface area contributed by atoms with Gasteiger partial charge in [-0.15, -0.1) is 0 Å². The minimum absolute atomic E-state index is 0.197. The van der Waals surface area contributed by atoms with Gasteiger partial charge < -0.3 is 9.84 Å². The van der Waals surface area contributed by atoms with Crippen LogP contribution in [0.2, 0.25) is 0 Å². The number of hydrogen-bond acceptors (Lipinski definition) is 2. The molecule has 2 aromatic rings. The second-order valence-electron chi connectivity index (χ2n) is 3.50. The quantitative estimate of drug-likeness (QED) is 0.755. The molecule has 0 bridgehead atoms. The van der Waals surface area contributed by atoms with E-state index in [-0.39, 0.29) is 5.75 Å². The number of methoxy groups -OCH3 is 1. The zero-order valence-corrected chi connectivity index (χ0v) is 9.47. The van der Waals surface area contributed by atoms with E-state index >= 15 is 0 Å². The van der Waals surface area contributed by atoms with Gasteiger partial charge in [-0.3, -0.25) is 0 Å². The van der Waals surface area contributed by atoms with Crippen molar-refractivity contribution in [2.75, 3.05) is 7.11 Å². The average molecular weight is 224 g/mol. The van der Waals surface area contributed by atoms with E-state index in [2.05, 4.69) is 11.8 Å². The van der Waals surface area contributed by atoms with Crippen molar-refractivity contribution in [3.63, 3.8) is 0 Å². The molecule has 0 aliphatic rings. The maximum absolute atomic E-state index is 9.56. The molecule has 2 aromatic carbocycles. The van der Waals surface area contributed by atoms with E-state index < -0.39 is 0 Å². The van der Waals surface area contributed by atoms with Gasteiger partial charge in [-0.2, -0.15) is 0 Å². The van der Waals surface area contributed by atoms with Crippen molar-refractivity contribution in [1.29, 1.82) is 0 Å². The molecule has 0 amide bonds. The van der Waals surface area contributed by atoms with Crippen molar-refractivity contribution in [1.82, 2.24) is 0 Å². The van der Waals surface area contributed by atoms with Crippen LogP contribution in [0.4, 0.5) is 0 Å². The fourth-order valence-corrected chi connectivity index (χ4v) is 1.42. The van der Waals surface area contributed by atoms with Crippen molar-refractivity contribution < 1.29 is 9.84 Å². The maximum Gasteiger partial charge on any atom is 0.131 e. The number of benzene rings is 2. The van der Waals surface area contributed by atoms with E-state index in [1.54, 1.807) is 25.3 Å². The Morgan fingerprint density at radius 1 is 1.00 bits per heavy atom. The normalized spacial score (nSPS) is 9.24. The predicted octanol–water partition coefficient (Wildman–Crippen LogP) is 2.80. The Hall–Kier alpha value is -2.40. The number of aromatic hydroxyl groups is 1. The number of hydrogen-bond donors (Lipinski definition) is 1. The van der Waals surface area contributed by atoms with Crippen LogP contribution in [0, 0.1) is 11.8 Å². The molecule has 0 aliphatic carbocycles. The van der Waals surface area contributed by atoms with Gasteiger partial charge in [0.1, 0.15) is 11.5 Å². The molecule has 2 nitrogen and oxygen atoms in total. The molecule has 17 heavy (non-hydrogen) atoms. The van der Waals surface area contributed by atoms with Crippen LogP contribution in [0.1, 0.15) is 11.1 Å². The van der Waals surface area contributed by atoms with Crippen LogP contribution < -0.4 is 4.74 Å². The first-order valence-corrected chi connectivity index (χ1v) is 5.23. The topological polar surface area (TPSA) is 29.5 Å². The van der Waals surface area contributed by atoms with Gasteiger partial charge in [-0.25, -0.2) is 0 Å². The molecule has 0 fully saturated rings. The van der Waals surface area contributed by atoms with Gasteiger partial charge >= 0.3 is 0 Å². The predicted molar refractivity (Wildman–Crippen MR) is 67.1 cm³/mol. The van der Waals surface area contributed by atoms with Crippen LogP contribution >= 0.6 is 0 Å². The molecule has 2 heteroatoms. The van der Waals surface area contributed by atoms with Gasteiger partial charge in [-0.1, -0.05) is 30.0 Å². The van der Waals surface area contributed by atoms with Crippen LogP contribution in [0.25, 0.3) is 0 Å². The molecule has 0 atom stereocenters. The van der Waals surface area contributed by atoms with Crippen molar-refractivity contribution >= 4 is 0 Å². The number of phenols is 1. The zero-order valence-electron chi connectivity index (χ0n) is 9.47. The number of ether oxygens (including phenoxy) is 1. The molecule has 0 saturated carbocycles. The Kier molecular flexibility index (Phi) is 3.32. The summed E-state index contributed by atoms with van der Waals surface area (Å²) in [7, 11) is 1.62. The average Bonchev–Trinajstić information content (AvgIpc) is 2.38. The lowest BCUT2D eigenvalue weighted by Gasteiger charge is -1.98. The van der Waals surface area contributed by atoms with E-state index in [0.717, 1.165) is 11.3 Å². The maximum atomic E-state index is 9.56. The van der Waals surface area contributed by atoms with E-state index in [1.165, 1.54) is 0 Å². The first-order valence-electron chi connectivity index (χ1n) is 5.23. The fourth-order valence-electron chi connectivity index (χ4n) is 1.42. The fraction of sp³-hybridized carbons (Fsp3) is 0.0667. The molecule has 0 unspecified atom stereocenters. The summed E-state index contributed by atoms with van der Waals surface area (Å²) in [5.74, 6) is 6.88. The third kappa shape index (κ3) is 2.79. The summed E-state index contributed by atoms with van der Waals surface area (Å²) in [6, 6.07) is 14.5. The molecule has 0 aliphatic heterocycles. The largest absolute Gasteiger partial charge is 0.507 e. The van der Waals surface area contributed by atoms with Gasteiger partial charge in [0.2, 0.25) is 0 Å². The Labute approximate surface area is 100 Å². The molecule has 1 N–H and O–H groups in total. The van der Waals surface area contributed by atoms with Crippen LogP contribution in [-0.4, -0.2) is 12.2 Å². The first kappa shape index (κ1) is 11.1. The van der Waals surface area contributed by atoms with Gasteiger partial charge in [0.15, 0.2) is 0 Å². The molecule has 0 radical (unpaired) electrons. The monoisotopic (exact) mass is 224 g/mol. The van der Waals surface area contributed by atoms with Crippen LogP contribution in [0.5, 0.6) is 11.5 Å². The summed E-state index contributed by atoms with van der Waals surface area (Å²) in [5, 5.41) is 9.56. The number of rotatable bonds is 1. The summed E-state index contributed by atoms with van der Waals surface area (Å²) in [6.07, 6.45) is 0. The third-order valence-corrected chi connectivity index (χ3v) is 2.32. The van der Waals surface area contributed by atoms with E-state index in [1.807, 2.05) is 30.3 Å². The van der Waals surface area contributed by atoms with Crippen LogP contribution in [0.15, 0.2) is 48.5 Å². The lowest BCUT2D eigenvalue weighted by Crippen LogP contribution is -1.83. The highest BCUT2D eigenvalue weighted by molar-refractivity contribution is 5.49. The highest BCUT2D eigenvalue weighted by atomic mass is 16.5. The smallest absolute Gasteiger partial charge is 0.131 e. The molecule has 0 spiro atoms. The van der Waals surface area contributed by atoms with Gasteiger partial charge in [-0.05, 0) is 30.3 Å². The summed E-state index contributed by atoms with van der Waals surface area (Å²) in [4.78, 5) is 0. The van der Waals surface area contributed by atoms with E-state index in [0.29, 0.717) is 5.56 Å². The summed E-state index contributed by atoms with van der Waals surface area (Å²) in [6.45, 7) is 0. The molecule has 84 valence electrons. The van der Waals surface area contributed by atoms with E-state index in [4.69, 9.17) is 4.74 Å². The summed E-state index contributed by atoms with van der Waals surface area (Å²) in [5.41, 5.74) is 1.47. The number of para-hydroxylation sites is 1. The SMILES string of the molecule is COc1cccc(C#Cc2ccccc2O)c1. The molecule has 0 saturated heterocycles. The summed E-state index contributed by atoms with van der Waals surface area (Å²) < 4.78 is 5.11. The van der Waals surface area contributed by atoms with Gasteiger partial charge in [0.05, 0.1) is 12.7 Å². The molecule has 2 rings (SSSR count).